The first-order chi connectivity index (χ1) is 9.53. The number of carbonyl (C=O) groups excluding carboxylic acids is 1. The molecule has 1 rings (SSSR count). The molecule has 0 aromatic heterocycles. The van der Waals surface area contributed by atoms with Crippen molar-refractivity contribution in [3.8, 4) is 0 Å². The van der Waals surface area contributed by atoms with Gasteiger partial charge in [0.05, 0.1) is 10.5 Å². The van der Waals surface area contributed by atoms with Gasteiger partial charge in [0.15, 0.2) is 5.78 Å². The predicted molar refractivity (Wildman–Crippen MR) is 71.6 cm³/mol. The summed E-state index contributed by atoms with van der Waals surface area (Å²) in [7, 11) is 0. The average Bonchev–Trinajstić information content (AvgIpc) is 2.33. The Morgan fingerprint density at radius 2 is 1.95 bits per heavy atom. The van der Waals surface area contributed by atoms with Gasteiger partial charge >= 0.3 is 6.18 Å². The molecule has 0 aliphatic rings. The molecule has 1 aromatic rings. The highest BCUT2D eigenvalue weighted by atomic mass is 19.4. The summed E-state index contributed by atoms with van der Waals surface area (Å²) in [4.78, 5) is 22.5. The van der Waals surface area contributed by atoms with E-state index in [4.69, 9.17) is 0 Å². The van der Waals surface area contributed by atoms with Crippen molar-refractivity contribution in [1.29, 1.82) is 0 Å². The summed E-state index contributed by atoms with van der Waals surface area (Å²) in [5.74, 6) is -0.514. The zero-order valence-electron chi connectivity index (χ0n) is 11.8. The van der Waals surface area contributed by atoms with Gasteiger partial charge in [0.2, 0.25) is 0 Å². The van der Waals surface area contributed by atoms with Gasteiger partial charge in [0.1, 0.15) is 6.54 Å². The fourth-order valence-electron chi connectivity index (χ4n) is 1.91. The zero-order chi connectivity index (χ0) is 16.4. The van der Waals surface area contributed by atoms with Gasteiger partial charge in [-0.05, 0) is 32.9 Å². The van der Waals surface area contributed by atoms with Gasteiger partial charge in [-0.2, -0.15) is 13.2 Å². The van der Waals surface area contributed by atoms with E-state index in [1.165, 1.54) is 12.1 Å². The molecule has 1 aromatic carbocycles. The highest BCUT2D eigenvalue weighted by Crippen LogP contribution is 2.29. The number of rotatable bonds is 5. The maximum absolute atomic E-state index is 12.6. The first-order valence-corrected chi connectivity index (χ1v) is 6.15. The zero-order valence-corrected chi connectivity index (χ0v) is 11.8. The van der Waals surface area contributed by atoms with Gasteiger partial charge in [-0.15, -0.1) is 0 Å². The lowest BCUT2D eigenvalue weighted by atomic mass is 10.1. The largest absolute Gasteiger partial charge is 0.405 e. The van der Waals surface area contributed by atoms with Crippen molar-refractivity contribution in [3.05, 3.63) is 33.9 Å². The average molecular weight is 304 g/mol. The molecule has 0 N–H and O–H groups in total. The van der Waals surface area contributed by atoms with E-state index in [1.54, 1.807) is 13.8 Å². The number of alkyl halides is 3. The molecular formula is C13H15F3N2O3. The second-order valence-electron chi connectivity index (χ2n) is 4.85. The minimum atomic E-state index is -4.43. The number of nitro groups is 1. The third-order valence-corrected chi connectivity index (χ3v) is 2.86. The van der Waals surface area contributed by atoms with Crippen LogP contribution < -0.4 is 4.90 Å². The summed E-state index contributed by atoms with van der Waals surface area (Å²) in [5.41, 5.74) is -0.564. The molecule has 0 saturated heterocycles. The molecule has 0 atom stereocenters. The second kappa shape index (κ2) is 6.11. The predicted octanol–water partition coefficient (Wildman–Crippen LogP) is 3.57. The molecular weight excluding hydrogens is 289 g/mol. The van der Waals surface area contributed by atoms with Crippen molar-refractivity contribution in [1.82, 2.24) is 0 Å². The number of Topliss-reactive ketones (excluding diaryl/α,β-unsaturated/α-hetero) is 1. The highest BCUT2D eigenvalue weighted by molar-refractivity contribution is 5.98. The van der Waals surface area contributed by atoms with Crippen LogP contribution in [-0.4, -0.2) is 29.5 Å². The molecule has 21 heavy (non-hydrogen) atoms. The van der Waals surface area contributed by atoms with Gasteiger partial charge in [-0.3, -0.25) is 14.9 Å². The second-order valence-corrected chi connectivity index (χ2v) is 4.85. The van der Waals surface area contributed by atoms with E-state index in [1.807, 2.05) is 0 Å². The van der Waals surface area contributed by atoms with Crippen molar-refractivity contribution in [2.45, 2.75) is 33.0 Å². The Hall–Kier alpha value is -2.12. The Labute approximate surface area is 119 Å². The topological polar surface area (TPSA) is 63.5 Å². The van der Waals surface area contributed by atoms with E-state index >= 15 is 0 Å². The fourth-order valence-corrected chi connectivity index (χ4v) is 1.91. The van der Waals surface area contributed by atoms with Crippen LogP contribution in [0.4, 0.5) is 24.5 Å². The van der Waals surface area contributed by atoms with E-state index in [0.29, 0.717) is 0 Å². The fraction of sp³-hybridized carbons (Fsp3) is 0.462. The number of hydrogen-bond acceptors (Lipinski definition) is 4. The van der Waals surface area contributed by atoms with Crippen LogP contribution in [0.5, 0.6) is 0 Å². The summed E-state index contributed by atoms with van der Waals surface area (Å²) in [6.07, 6.45) is -4.43. The lowest BCUT2D eigenvalue weighted by Gasteiger charge is -2.29. The van der Waals surface area contributed by atoms with Crippen LogP contribution in [-0.2, 0) is 0 Å². The molecule has 5 nitrogen and oxygen atoms in total. The molecule has 0 heterocycles. The maximum Gasteiger partial charge on any atom is 0.405 e. The summed E-state index contributed by atoms with van der Waals surface area (Å²) >= 11 is 0. The van der Waals surface area contributed by atoms with Crippen molar-refractivity contribution in [2.24, 2.45) is 0 Å². The SMILES string of the molecule is CC(=O)c1ccc(N(CC(F)(F)F)C(C)C)cc1[N+](=O)[O-]. The number of ketones is 1. The summed E-state index contributed by atoms with van der Waals surface area (Å²) < 4.78 is 37.8. The van der Waals surface area contributed by atoms with Crippen LogP contribution in [0.2, 0.25) is 0 Å². The summed E-state index contributed by atoms with van der Waals surface area (Å²) in [6, 6.07) is 2.97. The Bertz CT molecular complexity index is 556. The molecule has 0 amide bonds. The summed E-state index contributed by atoms with van der Waals surface area (Å²) in [5, 5.41) is 11.0. The number of carbonyl (C=O) groups is 1. The van der Waals surface area contributed by atoms with Gasteiger partial charge in [-0.1, -0.05) is 0 Å². The molecule has 0 spiro atoms. The molecule has 0 bridgehead atoms. The van der Waals surface area contributed by atoms with Crippen molar-refractivity contribution in [2.75, 3.05) is 11.4 Å². The monoisotopic (exact) mass is 304 g/mol. The van der Waals surface area contributed by atoms with Crippen molar-refractivity contribution in [3.63, 3.8) is 0 Å². The number of halogens is 3. The third-order valence-electron chi connectivity index (χ3n) is 2.86. The van der Waals surface area contributed by atoms with Crippen LogP contribution in [0, 0.1) is 10.1 Å². The molecule has 0 aliphatic heterocycles. The van der Waals surface area contributed by atoms with E-state index in [2.05, 4.69) is 0 Å². The number of nitrogens with zero attached hydrogens (tertiary/aromatic N) is 2. The number of anilines is 1. The standard InChI is InChI=1S/C13H15F3N2O3/c1-8(2)17(7-13(14,15)16)10-4-5-11(9(3)19)12(6-10)18(20)21/h4-6,8H,7H2,1-3H3. The highest BCUT2D eigenvalue weighted by Gasteiger charge is 2.33. The van der Waals surface area contributed by atoms with Crippen LogP contribution in [0.15, 0.2) is 18.2 Å². The van der Waals surface area contributed by atoms with Crippen molar-refractivity contribution >= 4 is 17.2 Å². The Morgan fingerprint density at radius 1 is 1.38 bits per heavy atom. The third kappa shape index (κ3) is 4.44. The van der Waals surface area contributed by atoms with Crippen LogP contribution in [0.1, 0.15) is 31.1 Å². The Balaban J connectivity index is 3.31. The number of benzene rings is 1. The van der Waals surface area contributed by atoms with Gasteiger partial charge in [0.25, 0.3) is 5.69 Å². The van der Waals surface area contributed by atoms with E-state index in [9.17, 15) is 28.1 Å². The molecule has 0 radical (unpaired) electrons. The first kappa shape index (κ1) is 16.9. The summed E-state index contributed by atoms with van der Waals surface area (Å²) in [6.45, 7) is 3.05. The molecule has 0 aliphatic carbocycles. The van der Waals surface area contributed by atoms with E-state index in [0.717, 1.165) is 17.9 Å². The van der Waals surface area contributed by atoms with Crippen LogP contribution in [0.25, 0.3) is 0 Å². The van der Waals surface area contributed by atoms with Gasteiger partial charge < -0.3 is 4.90 Å². The molecule has 0 saturated carbocycles. The normalized spacial score (nSPS) is 11.6. The van der Waals surface area contributed by atoms with Crippen LogP contribution >= 0.6 is 0 Å². The Morgan fingerprint density at radius 3 is 2.33 bits per heavy atom. The Kier molecular flexibility index (Phi) is 4.93. The minimum absolute atomic E-state index is 0.0547. The molecule has 0 fully saturated rings. The molecule has 116 valence electrons. The number of hydrogen-bond donors (Lipinski definition) is 0. The maximum atomic E-state index is 12.6. The number of nitro benzene ring substituents is 1. The van der Waals surface area contributed by atoms with E-state index < -0.39 is 35.2 Å². The van der Waals surface area contributed by atoms with Gasteiger partial charge in [0, 0.05) is 17.8 Å². The smallest absolute Gasteiger partial charge is 0.360 e. The molecule has 8 heteroatoms. The lowest BCUT2D eigenvalue weighted by molar-refractivity contribution is -0.385. The lowest BCUT2D eigenvalue weighted by Crippen LogP contribution is -2.39. The van der Waals surface area contributed by atoms with Gasteiger partial charge in [-0.25, -0.2) is 0 Å². The quantitative estimate of drug-likeness (QED) is 0.474. The first-order valence-electron chi connectivity index (χ1n) is 6.15. The van der Waals surface area contributed by atoms with E-state index in [-0.39, 0.29) is 11.3 Å². The van der Waals surface area contributed by atoms with Crippen LogP contribution in [0.3, 0.4) is 0 Å². The molecule has 0 unspecified atom stereocenters. The minimum Gasteiger partial charge on any atom is -0.360 e. The van der Waals surface area contributed by atoms with Crippen molar-refractivity contribution < 1.29 is 22.9 Å².